The van der Waals surface area contributed by atoms with Crippen LogP contribution in [0, 0.1) is 10.1 Å². The lowest BCUT2D eigenvalue weighted by atomic mass is 10.1. The number of piperazine rings is 1. The van der Waals surface area contributed by atoms with E-state index >= 15 is 0 Å². The van der Waals surface area contributed by atoms with Gasteiger partial charge in [0.1, 0.15) is 6.04 Å². The normalized spacial score (nSPS) is 17.3. The van der Waals surface area contributed by atoms with E-state index in [2.05, 4.69) is 4.90 Å². The molecule has 2 aromatic rings. The van der Waals surface area contributed by atoms with Crippen LogP contribution in [0.5, 0.6) is 0 Å². The number of nitrogens with zero attached hydrogens (tertiary/aromatic N) is 4. The molecular weight excluding hydrogens is 372 g/mol. The fourth-order valence-electron chi connectivity index (χ4n) is 3.96. The predicted octanol–water partition coefficient (Wildman–Crippen LogP) is 2.29. The van der Waals surface area contributed by atoms with Gasteiger partial charge >= 0.3 is 0 Å². The molecule has 2 heterocycles. The van der Waals surface area contributed by atoms with Crippen molar-refractivity contribution < 1.29 is 14.5 Å². The molecule has 0 unspecified atom stereocenters. The van der Waals surface area contributed by atoms with E-state index in [-0.39, 0.29) is 17.5 Å². The van der Waals surface area contributed by atoms with Gasteiger partial charge in [-0.05, 0) is 30.7 Å². The lowest BCUT2D eigenvalue weighted by molar-refractivity contribution is -0.384. The molecule has 0 saturated carbocycles. The van der Waals surface area contributed by atoms with E-state index in [9.17, 15) is 19.7 Å². The summed E-state index contributed by atoms with van der Waals surface area (Å²) in [5.74, 6) is -0.138. The van der Waals surface area contributed by atoms with Gasteiger partial charge in [-0.2, -0.15) is 0 Å². The molecule has 150 valence electrons. The molecule has 1 atom stereocenters. The molecule has 2 aliphatic heterocycles. The van der Waals surface area contributed by atoms with Gasteiger partial charge in [-0.1, -0.05) is 18.2 Å². The molecule has 0 aromatic heterocycles. The van der Waals surface area contributed by atoms with Crippen molar-refractivity contribution in [3.05, 3.63) is 69.8 Å². The van der Waals surface area contributed by atoms with E-state index in [0.717, 1.165) is 11.3 Å². The Kier molecular flexibility index (Phi) is 4.92. The van der Waals surface area contributed by atoms with E-state index in [1.54, 1.807) is 34.9 Å². The standard InChI is InChI=1S/C21H22N4O4/c1-15(24-14-16-4-2-3-5-19(16)21(24)27)20(26)23-12-10-22(11-13-23)17-6-8-18(9-7-17)25(28)29/h2-9,15H,10-14H2,1H3/t15-/m1/s1. The van der Waals surface area contributed by atoms with Gasteiger partial charge in [0, 0.05) is 56.1 Å². The van der Waals surface area contributed by atoms with Gasteiger partial charge in [0.25, 0.3) is 11.6 Å². The third kappa shape index (κ3) is 3.53. The van der Waals surface area contributed by atoms with Crippen molar-refractivity contribution >= 4 is 23.2 Å². The number of anilines is 1. The lowest BCUT2D eigenvalue weighted by Crippen LogP contribution is -2.54. The Hall–Kier alpha value is -3.42. The number of carbonyl (C=O) groups excluding carboxylic acids is 2. The van der Waals surface area contributed by atoms with E-state index < -0.39 is 11.0 Å². The smallest absolute Gasteiger partial charge is 0.269 e. The molecule has 8 heteroatoms. The minimum absolute atomic E-state index is 0.0468. The fraction of sp³-hybridized carbons (Fsp3) is 0.333. The summed E-state index contributed by atoms with van der Waals surface area (Å²) in [7, 11) is 0. The minimum Gasteiger partial charge on any atom is -0.368 e. The van der Waals surface area contributed by atoms with Crippen LogP contribution in [0.2, 0.25) is 0 Å². The average Bonchev–Trinajstić information content (AvgIpc) is 3.09. The second-order valence-electron chi connectivity index (χ2n) is 7.35. The molecule has 0 spiro atoms. The average molecular weight is 394 g/mol. The fourth-order valence-corrected chi connectivity index (χ4v) is 3.96. The predicted molar refractivity (Wildman–Crippen MR) is 108 cm³/mol. The van der Waals surface area contributed by atoms with Gasteiger partial charge in [-0.15, -0.1) is 0 Å². The molecule has 0 N–H and O–H groups in total. The Balaban J connectivity index is 1.37. The zero-order valence-electron chi connectivity index (χ0n) is 16.2. The van der Waals surface area contributed by atoms with E-state index in [1.165, 1.54) is 12.1 Å². The summed E-state index contributed by atoms with van der Waals surface area (Å²) < 4.78 is 0. The number of benzene rings is 2. The van der Waals surface area contributed by atoms with Crippen LogP contribution in [0.1, 0.15) is 22.8 Å². The van der Waals surface area contributed by atoms with Crippen molar-refractivity contribution in [3.63, 3.8) is 0 Å². The molecule has 1 saturated heterocycles. The molecular formula is C21H22N4O4. The first-order valence-electron chi connectivity index (χ1n) is 9.63. The quantitative estimate of drug-likeness (QED) is 0.587. The summed E-state index contributed by atoms with van der Waals surface area (Å²) in [5.41, 5.74) is 2.60. The Labute approximate surface area is 168 Å². The number of amides is 2. The maximum absolute atomic E-state index is 13.0. The molecule has 4 rings (SSSR count). The van der Waals surface area contributed by atoms with E-state index in [0.29, 0.717) is 38.3 Å². The number of rotatable bonds is 4. The number of carbonyl (C=O) groups is 2. The Morgan fingerprint density at radius 2 is 1.69 bits per heavy atom. The molecule has 2 aromatic carbocycles. The Bertz CT molecular complexity index is 951. The number of fused-ring (bicyclic) bond motifs is 1. The summed E-state index contributed by atoms with van der Waals surface area (Å²) >= 11 is 0. The van der Waals surface area contributed by atoms with Crippen LogP contribution in [-0.4, -0.2) is 58.8 Å². The topological polar surface area (TPSA) is 87.0 Å². The summed E-state index contributed by atoms with van der Waals surface area (Å²) in [6.07, 6.45) is 0. The van der Waals surface area contributed by atoms with Gasteiger partial charge in [0.05, 0.1) is 4.92 Å². The summed E-state index contributed by atoms with van der Waals surface area (Å²) in [6, 6.07) is 13.4. The number of hydrogen-bond acceptors (Lipinski definition) is 5. The van der Waals surface area contributed by atoms with E-state index in [4.69, 9.17) is 0 Å². The largest absolute Gasteiger partial charge is 0.368 e. The molecule has 2 amide bonds. The third-order valence-electron chi connectivity index (χ3n) is 5.69. The van der Waals surface area contributed by atoms with Crippen LogP contribution in [0.25, 0.3) is 0 Å². The van der Waals surface area contributed by atoms with Crippen molar-refractivity contribution in [2.24, 2.45) is 0 Å². The monoisotopic (exact) mass is 394 g/mol. The highest BCUT2D eigenvalue weighted by atomic mass is 16.6. The zero-order chi connectivity index (χ0) is 20.5. The van der Waals surface area contributed by atoms with Crippen LogP contribution in [-0.2, 0) is 11.3 Å². The summed E-state index contributed by atoms with van der Waals surface area (Å²) in [5, 5.41) is 10.8. The highest BCUT2D eigenvalue weighted by molar-refractivity contribution is 6.01. The SMILES string of the molecule is C[C@H](C(=O)N1CCN(c2ccc([N+](=O)[O-])cc2)CC1)N1Cc2ccccc2C1=O. The number of hydrogen-bond donors (Lipinski definition) is 0. The van der Waals surface area contributed by atoms with Gasteiger partial charge in [-0.3, -0.25) is 19.7 Å². The third-order valence-corrected chi connectivity index (χ3v) is 5.69. The Morgan fingerprint density at radius 1 is 1.03 bits per heavy atom. The number of non-ortho nitro benzene ring substituents is 1. The molecule has 1 fully saturated rings. The molecule has 29 heavy (non-hydrogen) atoms. The number of nitro benzene ring substituents is 1. The molecule has 0 bridgehead atoms. The first-order valence-corrected chi connectivity index (χ1v) is 9.63. The van der Waals surface area contributed by atoms with Crippen molar-refractivity contribution in [1.29, 1.82) is 0 Å². The van der Waals surface area contributed by atoms with Crippen molar-refractivity contribution in [1.82, 2.24) is 9.80 Å². The summed E-state index contributed by atoms with van der Waals surface area (Å²) in [6.45, 7) is 4.64. The molecule has 0 radical (unpaired) electrons. The van der Waals surface area contributed by atoms with Crippen LogP contribution in [0.15, 0.2) is 48.5 Å². The van der Waals surface area contributed by atoms with Crippen LogP contribution in [0.4, 0.5) is 11.4 Å². The lowest BCUT2D eigenvalue weighted by Gasteiger charge is -2.38. The minimum atomic E-state index is -0.513. The second kappa shape index (κ2) is 7.54. The first-order chi connectivity index (χ1) is 14.0. The summed E-state index contributed by atoms with van der Waals surface area (Å²) in [4.78, 5) is 41.5. The highest BCUT2D eigenvalue weighted by Gasteiger charge is 2.36. The zero-order valence-corrected chi connectivity index (χ0v) is 16.2. The van der Waals surface area contributed by atoms with Gasteiger partial charge in [0.15, 0.2) is 0 Å². The van der Waals surface area contributed by atoms with Gasteiger partial charge < -0.3 is 14.7 Å². The van der Waals surface area contributed by atoms with Crippen molar-refractivity contribution in [2.75, 3.05) is 31.1 Å². The van der Waals surface area contributed by atoms with Crippen molar-refractivity contribution in [3.8, 4) is 0 Å². The maximum Gasteiger partial charge on any atom is 0.269 e. The number of nitro groups is 1. The Morgan fingerprint density at radius 3 is 2.31 bits per heavy atom. The maximum atomic E-state index is 13.0. The van der Waals surface area contributed by atoms with E-state index in [1.807, 2.05) is 18.2 Å². The van der Waals surface area contributed by atoms with Crippen LogP contribution >= 0.6 is 0 Å². The van der Waals surface area contributed by atoms with Crippen LogP contribution in [0.3, 0.4) is 0 Å². The van der Waals surface area contributed by atoms with Gasteiger partial charge in [0.2, 0.25) is 5.91 Å². The molecule has 2 aliphatic rings. The molecule has 0 aliphatic carbocycles. The van der Waals surface area contributed by atoms with Gasteiger partial charge in [-0.25, -0.2) is 0 Å². The highest BCUT2D eigenvalue weighted by Crippen LogP contribution is 2.26. The van der Waals surface area contributed by atoms with Crippen LogP contribution < -0.4 is 4.90 Å². The molecule has 8 nitrogen and oxygen atoms in total. The second-order valence-corrected chi connectivity index (χ2v) is 7.35. The van der Waals surface area contributed by atoms with Crippen molar-refractivity contribution in [2.45, 2.75) is 19.5 Å². The first kappa shape index (κ1) is 18.9.